The van der Waals surface area contributed by atoms with Crippen LogP contribution in [-0.4, -0.2) is 17.2 Å². The largest absolute Gasteiger partial charge is 0.371 e. The summed E-state index contributed by atoms with van der Waals surface area (Å²) in [4.78, 5) is 3.32. The van der Waals surface area contributed by atoms with Crippen LogP contribution in [0, 0.1) is 6.92 Å². The highest BCUT2D eigenvalue weighted by Gasteiger charge is 2.20. The average molecular weight is 243 g/mol. The summed E-state index contributed by atoms with van der Waals surface area (Å²) in [6, 6.07) is 6.48. The van der Waals surface area contributed by atoms with E-state index in [0.717, 1.165) is 6.42 Å². The third kappa shape index (κ3) is 2.82. The first-order valence-electron chi connectivity index (χ1n) is 6.33. The molecular formula is C16H21NO. The maximum atomic E-state index is 5.80. The minimum atomic E-state index is -0.174. The summed E-state index contributed by atoms with van der Waals surface area (Å²) in [7, 11) is 0. The molecule has 0 spiro atoms. The van der Waals surface area contributed by atoms with Crippen molar-refractivity contribution in [2.24, 2.45) is 0 Å². The van der Waals surface area contributed by atoms with Gasteiger partial charge in [-0.3, -0.25) is 0 Å². The topological polar surface area (TPSA) is 25.0 Å². The van der Waals surface area contributed by atoms with E-state index in [-0.39, 0.29) is 5.60 Å². The predicted octanol–water partition coefficient (Wildman–Crippen LogP) is 4.00. The van der Waals surface area contributed by atoms with Gasteiger partial charge in [-0.15, -0.1) is 6.58 Å². The van der Waals surface area contributed by atoms with Crippen molar-refractivity contribution in [3.8, 4) is 0 Å². The summed E-state index contributed by atoms with van der Waals surface area (Å²) in [5, 5.41) is 1.30. The van der Waals surface area contributed by atoms with Gasteiger partial charge in [0.15, 0.2) is 0 Å². The first kappa shape index (κ1) is 12.9. The molecule has 0 fully saturated rings. The number of hydrogen-bond donors (Lipinski definition) is 1. The van der Waals surface area contributed by atoms with Crippen LogP contribution in [0.3, 0.4) is 0 Å². The van der Waals surface area contributed by atoms with Crippen molar-refractivity contribution in [3.63, 3.8) is 0 Å². The highest BCUT2D eigenvalue weighted by molar-refractivity contribution is 5.83. The number of aromatic amines is 1. The van der Waals surface area contributed by atoms with E-state index in [4.69, 9.17) is 4.74 Å². The lowest BCUT2D eigenvalue weighted by atomic mass is 9.97. The summed E-state index contributed by atoms with van der Waals surface area (Å²) in [5.74, 6) is 0. The number of hydrogen-bond acceptors (Lipinski definition) is 1. The minimum Gasteiger partial charge on any atom is -0.371 e. The van der Waals surface area contributed by atoms with E-state index in [9.17, 15) is 0 Å². The summed E-state index contributed by atoms with van der Waals surface area (Å²) < 4.78 is 5.80. The van der Waals surface area contributed by atoms with Crippen molar-refractivity contribution in [2.75, 3.05) is 6.61 Å². The number of nitrogens with one attached hydrogen (secondary N) is 1. The zero-order chi connectivity index (χ0) is 13.2. The molecule has 1 aromatic heterocycles. The van der Waals surface area contributed by atoms with Gasteiger partial charge in [0.1, 0.15) is 0 Å². The predicted molar refractivity (Wildman–Crippen MR) is 77.0 cm³/mol. The molecular weight excluding hydrogens is 222 g/mol. The zero-order valence-corrected chi connectivity index (χ0v) is 11.4. The summed E-state index contributed by atoms with van der Waals surface area (Å²) in [5.41, 5.74) is 3.61. The van der Waals surface area contributed by atoms with Crippen LogP contribution in [0.15, 0.2) is 37.1 Å². The van der Waals surface area contributed by atoms with Gasteiger partial charge in [-0.1, -0.05) is 17.7 Å². The van der Waals surface area contributed by atoms with Crippen molar-refractivity contribution in [1.29, 1.82) is 0 Å². The Morgan fingerprint density at radius 1 is 1.39 bits per heavy atom. The van der Waals surface area contributed by atoms with E-state index in [0.29, 0.717) is 6.61 Å². The standard InChI is InChI=1S/C16H21NO/c1-5-8-18-16(3,4)10-13-11-17-15-7-6-12(2)9-14(13)15/h5-7,9,11,17H,1,8,10H2,2-4H3. The molecule has 0 aliphatic rings. The van der Waals surface area contributed by atoms with Crippen LogP contribution in [0.25, 0.3) is 10.9 Å². The van der Waals surface area contributed by atoms with Gasteiger partial charge in [0.25, 0.3) is 0 Å². The molecule has 0 atom stereocenters. The summed E-state index contributed by atoms with van der Waals surface area (Å²) >= 11 is 0. The number of aromatic nitrogens is 1. The Labute approximate surface area is 109 Å². The fourth-order valence-corrected chi connectivity index (χ4v) is 2.23. The second-order valence-corrected chi connectivity index (χ2v) is 5.40. The number of benzene rings is 1. The molecule has 2 heteroatoms. The number of H-pyrrole nitrogens is 1. The smallest absolute Gasteiger partial charge is 0.0671 e. The third-order valence-corrected chi connectivity index (χ3v) is 3.13. The van der Waals surface area contributed by atoms with Gasteiger partial charge in [0.2, 0.25) is 0 Å². The Morgan fingerprint density at radius 2 is 2.17 bits per heavy atom. The first-order chi connectivity index (χ1) is 8.52. The molecule has 1 heterocycles. The van der Waals surface area contributed by atoms with E-state index in [2.05, 4.69) is 56.7 Å². The Hall–Kier alpha value is -1.54. The molecule has 1 N–H and O–H groups in total. The monoisotopic (exact) mass is 243 g/mol. The van der Waals surface area contributed by atoms with Crippen LogP contribution in [0.4, 0.5) is 0 Å². The van der Waals surface area contributed by atoms with Crippen molar-refractivity contribution >= 4 is 10.9 Å². The zero-order valence-electron chi connectivity index (χ0n) is 11.4. The van der Waals surface area contributed by atoms with E-state index >= 15 is 0 Å². The average Bonchev–Trinajstić information content (AvgIpc) is 2.69. The normalized spacial score (nSPS) is 11.9. The van der Waals surface area contributed by atoms with Crippen LogP contribution in [0.5, 0.6) is 0 Å². The fourth-order valence-electron chi connectivity index (χ4n) is 2.23. The molecule has 0 bridgehead atoms. The lowest BCUT2D eigenvalue weighted by Crippen LogP contribution is -2.27. The molecule has 0 unspecified atom stereocenters. The second kappa shape index (κ2) is 4.99. The minimum absolute atomic E-state index is 0.174. The molecule has 18 heavy (non-hydrogen) atoms. The van der Waals surface area contributed by atoms with Gasteiger partial charge in [-0.05, 0) is 38.5 Å². The lowest BCUT2D eigenvalue weighted by Gasteiger charge is -2.24. The molecule has 2 nitrogen and oxygen atoms in total. The van der Waals surface area contributed by atoms with Crippen LogP contribution in [0.1, 0.15) is 25.0 Å². The molecule has 0 amide bonds. The SMILES string of the molecule is C=CCOC(C)(C)Cc1c[nH]c2ccc(C)cc12. The van der Waals surface area contributed by atoms with Crippen LogP contribution < -0.4 is 0 Å². The van der Waals surface area contributed by atoms with Crippen molar-refractivity contribution in [1.82, 2.24) is 4.98 Å². The first-order valence-corrected chi connectivity index (χ1v) is 6.33. The van der Waals surface area contributed by atoms with Crippen LogP contribution in [-0.2, 0) is 11.2 Å². The molecule has 1 aromatic carbocycles. The number of aryl methyl sites for hydroxylation is 1. The Morgan fingerprint density at radius 3 is 2.89 bits per heavy atom. The van der Waals surface area contributed by atoms with Crippen molar-refractivity contribution < 1.29 is 4.74 Å². The van der Waals surface area contributed by atoms with E-state index in [1.54, 1.807) is 6.08 Å². The molecule has 0 radical (unpaired) electrons. The highest BCUT2D eigenvalue weighted by Crippen LogP contribution is 2.25. The van der Waals surface area contributed by atoms with E-state index in [1.807, 2.05) is 0 Å². The molecule has 96 valence electrons. The van der Waals surface area contributed by atoms with Gasteiger partial charge in [0, 0.05) is 23.5 Å². The van der Waals surface area contributed by atoms with Crippen molar-refractivity contribution in [3.05, 3.63) is 48.2 Å². The second-order valence-electron chi connectivity index (χ2n) is 5.40. The molecule has 0 saturated heterocycles. The van der Waals surface area contributed by atoms with Crippen molar-refractivity contribution in [2.45, 2.75) is 32.8 Å². The Balaban J connectivity index is 2.26. The van der Waals surface area contributed by atoms with Gasteiger partial charge in [-0.2, -0.15) is 0 Å². The quantitative estimate of drug-likeness (QED) is 0.789. The van der Waals surface area contributed by atoms with Gasteiger partial charge in [-0.25, -0.2) is 0 Å². The van der Waals surface area contributed by atoms with Gasteiger partial charge >= 0.3 is 0 Å². The fraction of sp³-hybridized carbons (Fsp3) is 0.375. The van der Waals surface area contributed by atoms with Crippen LogP contribution >= 0.6 is 0 Å². The van der Waals surface area contributed by atoms with E-state index in [1.165, 1.54) is 22.0 Å². The molecule has 0 saturated carbocycles. The summed E-state index contributed by atoms with van der Waals surface area (Å²) in [6.45, 7) is 10.6. The lowest BCUT2D eigenvalue weighted by molar-refractivity contribution is 0.000110. The number of rotatable bonds is 5. The molecule has 0 aliphatic heterocycles. The maximum absolute atomic E-state index is 5.80. The highest BCUT2D eigenvalue weighted by atomic mass is 16.5. The summed E-state index contributed by atoms with van der Waals surface area (Å²) in [6.07, 6.45) is 4.77. The van der Waals surface area contributed by atoms with Gasteiger partial charge in [0.05, 0.1) is 12.2 Å². The molecule has 2 aromatic rings. The maximum Gasteiger partial charge on any atom is 0.0671 e. The third-order valence-electron chi connectivity index (χ3n) is 3.13. The Kier molecular flexibility index (Phi) is 3.58. The molecule has 0 aliphatic carbocycles. The van der Waals surface area contributed by atoms with E-state index < -0.39 is 0 Å². The Bertz CT molecular complexity index is 551. The van der Waals surface area contributed by atoms with Crippen LogP contribution in [0.2, 0.25) is 0 Å². The molecule has 2 rings (SSSR count). The number of fused-ring (bicyclic) bond motifs is 1. The number of ether oxygens (including phenoxy) is 1. The van der Waals surface area contributed by atoms with Gasteiger partial charge < -0.3 is 9.72 Å².